The van der Waals surface area contributed by atoms with E-state index in [0.717, 1.165) is 18.8 Å². The lowest BCUT2D eigenvalue weighted by Gasteiger charge is -2.08. The highest BCUT2D eigenvalue weighted by molar-refractivity contribution is 6.27. The van der Waals surface area contributed by atoms with Crippen molar-refractivity contribution in [2.24, 2.45) is 5.92 Å². The Labute approximate surface area is 140 Å². The Kier molecular flexibility index (Phi) is 7.64. The molecule has 0 atom stereocenters. The predicted octanol–water partition coefficient (Wildman–Crippen LogP) is 2.29. The zero-order chi connectivity index (χ0) is 18.1. The fourth-order valence-corrected chi connectivity index (χ4v) is 1.91. The second kappa shape index (κ2) is 9.46. The summed E-state index contributed by atoms with van der Waals surface area (Å²) in [6, 6.07) is 8.52. The molecule has 0 unspecified atom stereocenters. The van der Waals surface area contributed by atoms with Gasteiger partial charge in [-0.2, -0.15) is 5.10 Å². The number of aromatic nitrogens is 2. The lowest BCUT2D eigenvalue weighted by Crippen LogP contribution is -2.19. The van der Waals surface area contributed by atoms with Crippen LogP contribution in [0, 0.1) is 12.8 Å². The Balaban J connectivity index is 0.000000413. The van der Waals surface area contributed by atoms with Gasteiger partial charge in [-0.3, -0.25) is 5.10 Å². The molecule has 0 radical (unpaired) electrons. The zero-order valence-electron chi connectivity index (χ0n) is 14.0. The summed E-state index contributed by atoms with van der Waals surface area (Å²) in [5.74, 6) is -2.98. The van der Waals surface area contributed by atoms with Gasteiger partial charge in [0.05, 0.1) is 11.9 Å². The molecule has 0 bridgehead atoms. The van der Waals surface area contributed by atoms with Crippen molar-refractivity contribution in [3.8, 4) is 11.3 Å². The molecular weight excluding hydrogens is 310 g/mol. The highest BCUT2D eigenvalue weighted by atomic mass is 16.4. The molecule has 24 heavy (non-hydrogen) atoms. The minimum Gasteiger partial charge on any atom is -0.473 e. The molecule has 0 amide bonds. The molecule has 0 aliphatic carbocycles. The number of nitrogens with zero attached hydrogens (tertiary/aromatic N) is 1. The summed E-state index contributed by atoms with van der Waals surface area (Å²) in [7, 11) is 0. The molecule has 0 aliphatic rings. The van der Waals surface area contributed by atoms with Gasteiger partial charge in [-0.25, -0.2) is 9.59 Å². The van der Waals surface area contributed by atoms with Gasteiger partial charge < -0.3 is 15.5 Å². The number of carboxylic acids is 2. The van der Waals surface area contributed by atoms with E-state index in [0.29, 0.717) is 5.92 Å². The molecule has 1 aromatic heterocycles. The molecule has 0 aliphatic heterocycles. The van der Waals surface area contributed by atoms with E-state index in [1.165, 1.54) is 16.7 Å². The molecule has 7 heteroatoms. The third-order valence-corrected chi connectivity index (χ3v) is 3.11. The van der Waals surface area contributed by atoms with Crippen molar-refractivity contribution in [3.05, 3.63) is 41.6 Å². The number of rotatable bonds is 5. The minimum absolute atomic E-state index is 0.666. The highest BCUT2D eigenvalue weighted by Gasteiger charge is 2.07. The fourth-order valence-electron chi connectivity index (χ4n) is 1.91. The van der Waals surface area contributed by atoms with Crippen molar-refractivity contribution in [1.82, 2.24) is 15.5 Å². The molecule has 0 fully saturated rings. The van der Waals surface area contributed by atoms with Crippen LogP contribution in [0.3, 0.4) is 0 Å². The largest absolute Gasteiger partial charge is 0.473 e. The van der Waals surface area contributed by atoms with E-state index in [4.69, 9.17) is 19.8 Å². The second-order valence-electron chi connectivity index (χ2n) is 5.77. The molecule has 0 saturated carbocycles. The van der Waals surface area contributed by atoms with E-state index >= 15 is 0 Å². The third kappa shape index (κ3) is 6.62. The lowest BCUT2D eigenvalue weighted by atomic mass is 10.1. The smallest absolute Gasteiger partial charge is 0.414 e. The Morgan fingerprint density at radius 2 is 1.75 bits per heavy atom. The molecule has 2 rings (SSSR count). The Bertz CT molecular complexity index is 651. The van der Waals surface area contributed by atoms with Crippen LogP contribution in [-0.2, 0) is 16.1 Å². The monoisotopic (exact) mass is 333 g/mol. The summed E-state index contributed by atoms with van der Waals surface area (Å²) in [5.41, 5.74) is 4.81. The third-order valence-electron chi connectivity index (χ3n) is 3.11. The minimum atomic E-state index is -1.82. The number of hydrogen-bond acceptors (Lipinski definition) is 4. The number of aryl methyl sites for hydroxylation is 1. The van der Waals surface area contributed by atoms with Crippen LogP contribution < -0.4 is 5.32 Å². The van der Waals surface area contributed by atoms with Gasteiger partial charge >= 0.3 is 11.9 Å². The van der Waals surface area contributed by atoms with Crippen LogP contribution in [0.4, 0.5) is 0 Å². The molecule has 0 spiro atoms. The summed E-state index contributed by atoms with van der Waals surface area (Å²) in [4.78, 5) is 18.2. The topological polar surface area (TPSA) is 115 Å². The van der Waals surface area contributed by atoms with E-state index in [-0.39, 0.29) is 0 Å². The van der Waals surface area contributed by atoms with Crippen molar-refractivity contribution in [3.63, 3.8) is 0 Å². The molecule has 130 valence electrons. The number of hydrogen-bond donors (Lipinski definition) is 4. The first-order chi connectivity index (χ1) is 11.3. The van der Waals surface area contributed by atoms with Gasteiger partial charge in [0.1, 0.15) is 0 Å². The van der Waals surface area contributed by atoms with Gasteiger partial charge in [-0.15, -0.1) is 0 Å². The number of nitrogens with one attached hydrogen (secondary N) is 2. The van der Waals surface area contributed by atoms with Crippen LogP contribution in [0.5, 0.6) is 0 Å². The number of H-pyrrole nitrogens is 1. The van der Waals surface area contributed by atoms with Gasteiger partial charge in [0.2, 0.25) is 0 Å². The average molecular weight is 333 g/mol. The van der Waals surface area contributed by atoms with E-state index in [1.54, 1.807) is 0 Å². The van der Waals surface area contributed by atoms with Crippen LogP contribution in [0.25, 0.3) is 11.3 Å². The van der Waals surface area contributed by atoms with Gasteiger partial charge in [0.25, 0.3) is 0 Å². The molecule has 1 aromatic carbocycles. The lowest BCUT2D eigenvalue weighted by molar-refractivity contribution is -0.159. The maximum atomic E-state index is 9.10. The van der Waals surface area contributed by atoms with Crippen LogP contribution >= 0.6 is 0 Å². The van der Waals surface area contributed by atoms with Gasteiger partial charge in [0, 0.05) is 12.1 Å². The summed E-state index contributed by atoms with van der Waals surface area (Å²) in [5, 5.41) is 25.5. The molecule has 4 N–H and O–H groups in total. The van der Waals surface area contributed by atoms with Crippen molar-refractivity contribution in [2.75, 3.05) is 6.54 Å². The van der Waals surface area contributed by atoms with Crippen LogP contribution in [0.2, 0.25) is 0 Å². The van der Waals surface area contributed by atoms with Crippen LogP contribution in [-0.4, -0.2) is 38.9 Å². The number of aromatic amines is 1. The van der Waals surface area contributed by atoms with Crippen LogP contribution in [0.1, 0.15) is 25.0 Å². The van der Waals surface area contributed by atoms with E-state index in [2.05, 4.69) is 60.6 Å². The number of carbonyl (C=O) groups is 2. The Morgan fingerprint density at radius 3 is 2.25 bits per heavy atom. The zero-order valence-corrected chi connectivity index (χ0v) is 14.0. The van der Waals surface area contributed by atoms with Crippen molar-refractivity contribution in [1.29, 1.82) is 0 Å². The first-order valence-electron chi connectivity index (χ1n) is 7.57. The highest BCUT2D eigenvalue weighted by Crippen LogP contribution is 2.21. The van der Waals surface area contributed by atoms with E-state index in [1.807, 2.05) is 6.20 Å². The van der Waals surface area contributed by atoms with Gasteiger partial charge in [-0.05, 0) is 24.9 Å². The Hall–Kier alpha value is -2.67. The average Bonchev–Trinajstić information content (AvgIpc) is 2.96. The van der Waals surface area contributed by atoms with Crippen LogP contribution in [0.15, 0.2) is 30.5 Å². The number of benzene rings is 1. The van der Waals surface area contributed by atoms with Crippen molar-refractivity contribution in [2.45, 2.75) is 27.3 Å². The van der Waals surface area contributed by atoms with E-state index < -0.39 is 11.9 Å². The van der Waals surface area contributed by atoms with E-state index in [9.17, 15) is 0 Å². The maximum absolute atomic E-state index is 9.10. The molecular formula is C17H23N3O4. The normalized spacial score (nSPS) is 10.2. The maximum Gasteiger partial charge on any atom is 0.414 e. The first-order valence-corrected chi connectivity index (χ1v) is 7.57. The predicted molar refractivity (Wildman–Crippen MR) is 90.6 cm³/mol. The summed E-state index contributed by atoms with van der Waals surface area (Å²) in [6.07, 6.45) is 1.91. The number of carboxylic acid groups (broad SMARTS) is 2. The Morgan fingerprint density at radius 1 is 1.17 bits per heavy atom. The summed E-state index contributed by atoms with van der Waals surface area (Å²) in [6.45, 7) is 8.41. The van der Waals surface area contributed by atoms with Crippen molar-refractivity contribution < 1.29 is 19.8 Å². The molecule has 2 aromatic rings. The quantitative estimate of drug-likeness (QED) is 0.624. The fraction of sp³-hybridized carbons (Fsp3) is 0.353. The first kappa shape index (κ1) is 19.4. The summed E-state index contributed by atoms with van der Waals surface area (Å²) >= 11 is 0. The van der Waals surface area contributed by atoms with Gasteiger partial charge in [0.15, 0.2) is 0 Å². The second-order valence-corrected chi connectivity index (χ2v) is 5.77. The SMILES string of the molecule is Cc1ccc(-c2[nH]ncc2CNCC(C)C)cc1.O=C(O)C(=O)O. The molecule has 1 heterocycles. The van der Waals surface area contributed by atoms with Crippen molar-refractivity contribution >= 4 is 11.9 Å². The number of aliphatic carboxylic acids is 2. The molecule has 0 saturated heterocycles. The van der Waals surface area contributed by atoms with Gasteiger partial charge in [-0.1, -0.05) is 43.7 Å². The standard InChI is InChI=1S/C15H21N3.C2H2O4/c1-11(2)8-16-9-14-10-17-18-15(14)13-6-4-12(3)5-7-13;3-1(4)2(5)6/h4-7,10-11,16H,8-9H2,1-3H3,(H,17,18);(H,3,4)(H,5,6). The summed E-state index contributed by atoms with van der Waals surface area (Å²) < 4.78 is 0. The molecule has 7 nitrogen and oxygen atoms in total.